The summed E-state index contributed by atoms with van der Waals surface area (Å²) < 4.78 is 4.65. The lowest BCUT2D eigenvalue weighted by atomic mass is 10.2. The third-order valence-corrected chi connectivity index (χ3v) is 2.59. The fraction of sp³-hybridized carbons (Fsp3) is 0.286. The third-order valence-electron chi connectivity index (χ3n) is 2.59. The van der Waals surface area contributed by atoms with Crippen LogP contribution in [0.3, 0.4) is 0 Å². The van der Waals surface area contributed by atoms with Crippen molar-refractivity contribution in [2.75, 3.05) is 12.4 Å². The number of urea groups is 1. The Hall–Kier alpha value is -2.30. The van der Waals surface area contributed by atoms with Crippen LogP contribution in [0.25, 0.3) is 0 Å². The van der Waals surface area contributed by atoms with Crippen LogP contribution in [0, 0.1) is 0 Å². The SMILES string of the molecule is CC/C(C)=C/NC(=O)Nc1ccccc1C(=O)OC. The summed E-state index contributed by atoms with van der Waals surface area (Å²) in [7, 11) is 1.30. The zero-order chi connectivity index (χ0) is 14.3. The first-order valence-electron chi connectivity index (χ1n) is 5.99. The predicted molar refractivity (Wildman–Crippen MR) is 74.0 cm³/mol. The number of nitrogens with one attached hydrogen (secondary N) is 2. The molecular weight excluding hydrogens is 244 g/mol. The average Bonchev–Trinajstić information content (AvgIpc) is 2.44. The molecule has 1 aromatic rings. The van der Waals surface area contributed by atoms with Crippen molar-refractivity contribution in [3.63, 3.8) is 0 Å². The van der Waals surface area contributed by atoms with Crippen molar-refractivity contribution in [2.24, 2.45) is 0 Å². The molecule has 2 N–H and O–H groups in total. The first kappa shape index (κ1) is 14.8. The van der Waals surface area contributed by atoms with Gasteiger partial charge in [0.05, 0.1) is 18.4 Å². The molecule has 5 nitrogen and oxygen atoms in total. The second-order valence-corrected chi connectivity index (χ2v) is 3.98. The molecule has 0 atom stereocenters. The quantitative estimate of drug-likeness (QED) is 0.820. The molecule has 1 aromatic carbocycles. The van der Waals surface area contributed by atoms with Gasteiger partial charge in [0.2, 0.25) is 0 Å². The Morgan fingerprint density at radius 1 is 1.32 bits per heavy atom. The maximum atomic E-state index is 11.7. The Morgan fingerprint density at radius 2 is 2.00 bits per heavy atom. The summed E-state index contributed by atoms with van der Waals surface area (Å²) in [6, 6.07) is 6.27. The van der Waals surface area contributed by atoms with Crippen LogP contribution in [-0.4, -0.2) is 19.1 Å². The molecule has 0 saturated carbocycles. The summed E-state index contributed by atoms with van der Waals surface area (Å²) in [5, 5.41) is 5.21. The number of methoxy groups -OCH3 is 1. The van der Waals surface area contributed by atoms with Gasteiger partial charge in [-0.2, -0.15) is 0 Å². The summed E-state index contributed by atoms with van der Waals surface area (Å²) in [5.41, 5.74) is 1.78. The monoisotopic (exact) mass is 262 g/mol. The minimum atomic E-state index is -0.490. The molecule has 0 aliphatic rings. The highest BCUT2D eigenvalue weighted by molar-refractivity contribution is 6.00. The number of hydrogen-bond donors (Lipinski definition) is 2. The smallest absolute Gasteiger partial charge is 0.339 e. The second kappa shape index (κ2) is 7.20. The topological polar surface area (TPSA) is 67.4 Å². The van der Waals surface area contributed by atoms with Gasteiger partial charge >= 0.3 is 12.0 Å². The first-order valence-corrected chi connectivity index (χ1v) is 5.99. The number of anilines is 1. The molecule has 0 aromatic heterocycles. The van der Waals surface area contributed by atoms with Crippen LogP contribution in [0.4, 0.5) is 10.5 Å². The Bertz CT molecular complexity index is 495. The van der Waals surface area contributed by atoms with Gasteiger partial charge in [0, 0.05) is 6.20 Å². The molecule has 19 heavy (non-hydrogen) atoms. The average molecular weight is 262 g/mol. The number of rotatable bonds is 4. The van der Waals surface area contributed by atoms with Gasteiger partial charge < -0.3 is 15.4 Å². The lowest BCUT2D eigenvalue weighted by Gasteiger charge is -2.09. The highest BCUT2D eigenvalue weighted by Gasteiger charge is 2.12. The molecule has 0 fully saturated rings. The van der Waals surface area contributed by atoms with Crippen LogP contribution >= 0.6 is 0 Å². The summed E-state index contributed by atoms with van der Waals surface area (Å²) in [5.74, 6) is -0.490. The van der Waals surface area contributed by atoms with Crippen molar-refractivity contribution >= 4 is 17.7 Å². The van der Waals surface area contributed by atoms with Crippen molar-refractivity contribution in [1.82, 2.24) is 5.32 Å². The number of esters is 1. The molecule has 0 heterocycles. The molecule has 5 heteroatoms. The van der Waals surface area contributed by atoms with Crippen molar-refractivity contribution in [3.05, 3.63) is 41.6 Å². The fourth-order valence-corrected chi connectivity index (χ4v) is 1.33. The van der Waals surface area contributed by atoms with Gasteiger partial charge in [-0.1, -0.05) is 24.6 Å². The van der Waals surface area contributed by atoms with Crippen molar-refractivity contribution < 1.29 is 14.3 Å². The van der Waals surface area contributed by atoms with Gasteiger partial charge in [0.1, 0.15) is 0 Å². The molecule has 0 aliphatic carbocycles. The Morgan fingerprint density at radius 3 is 2.63 bits per heavy atom. The number of benzene rings is 1. The maximum absolute atomic E-state index is 11.7. The molecule has 0 bridgehead atoms. The van der Waals surface area contributed by atoms with E-state index in [1.807, 2.05) is 13.8 Å². The normalized spacial score (nSPS) is 10.8. The van der Waals surface area contributed by atoms with Crippen LogP contribution in [0.1, 0.15) is 30.6 Å². The lowest BCUT2D eigenvalue weighted by molar-refractivity contribution is 0.0602. The zero-order valence-corrected chi connectivity index (χ0v) is 11.3. The van der Waals surface area contributed by atoms with E-state index in [1.165, 1.54) is 7.11 Å². The van der Waals surface area contributed by atoms with E-state index in [9.17, 15) is 9.59 Å². The van der Waals surface area contributed by atoms with E-state index in [2.05, 4.69) is 15.4 Å². The van der Waals surface area contributed by atoms with Crippen LogP contribution in [0.15, 0.2) is 36.0 Å². The number of ether oxygens (including phenoxy) is 1. The van der Waals surface area contributed by atoms with Crippen molar-refractivity contribution in [3.8, 4) is 0 Å². The Balaban J connectivity index is 2.77. The van der Waals surface area contributed by atoms with Gasteiger partial charge in [-0.25, -0.2) is 9.59 Å². The van der Waals surface area contributed by atoms with Crippen molar-refractivity contribution in [1.29, 1.82) is 0 Å². The van der Waals surface area contributed by atoms with Crippen LogP contribution in [0.5, 0.6) is 0 Å². The second-order valence-electron chi connectivity index (χ2n) is 3.98. The lowest BCUT2D eigenvalue weighted by Crippen LogP contribution is -2.25. The minimum absolute atomic E-state index is 0.316. The molecule has 1 rings (SSSR count). The molecule has 0 aliphatic heterocycles. The van der Waals surface area contributed by atoms with E-state index < -0.39 is 12.0 Å². The van der Waals surface area contributed by atoms with E-state index >= 15 is 0 Å². The highest BCUT2D eigenvalue weighted by Crippen LogP contribution is 2.15. The predicted octanol–water partition coefficient (Wildman–Crippen LogP) is 2.91. The van der Waals surface area contributed by atoms with E-state index in [4.69, 9.17) is 0 Å². The molecular formula is C14H18N2O3. The molecule has 2 amide bonds. The maximum Gasteiger partial charge on any atom is 0.339 e. The minimum Gasteiger partial charge on any atom is -0.465 e. The van der Waals surface area contributed by atoms with Crippen molar-refractivity contribution in [2.45, 2.75) is 20.3 Å². The fourth-order valence-electron chi connectivity index (χ4n) is 1.33. The molecule has 0 spiro atoms. The van der Waals surface area contributed by atoms with Gasteiger partial charge in [-0.3, -0.25) is 0 Å². The summed E-state index contributed by atoms with van der Waals surface area (Å²) in [6.45, 7) is 3.92. The third kappa shape index (κ3) is 4.46. The molecule has 0 unspecified atom stereocenters. The summed E-state index contributed by atoms with van der Waals surface area (Å²) >= 11 is 0. The van der Waals surface area contributed by atoms with Gasteiger partial charge in [-0.15, -0.1) is 0 Å². The van der Waals surface area contributed by atoms with Crippen LogP contribution < -0.4 is 10.6 Å². The first-order chi connectivity index (χ1) is 9.08. The Kier molecular flexibility index (Phi) is 5.60. The van der Waals surface area contributed by atoms with Gasteiger partial charge in [-0.05, 0) is 25.5 Å². The van der Waals surface area contributed by atoms with Crippen LogP contribution in [0.2, 0.25) is 0 Å². The summed E-state index contributed by atoms with van der Waals surface area (Å²) in [4.78, 5) is 23.2. The standard InChI is InChI=1S/C14H18N2O3/c1-4-10(2)9-15-14(18)16-12-8-6-5-7-11(12)13(17)19-3/h5-9H,4H2,1-3H3,(H2,15,16,18)/b10-9+. The highest BCUT2D eigenvalue weighted by atomic mass is 16.5. The van der Waals surface area contributed by atoms with E-state index in [0.29, 0.717) is 11.3 Å². The van der Waals surface area contributed by atoms with E-state index in [1.54, 1.807) is 30.5 Å². The molecule has 0 saturated heterocycles. The number of allylic oxidation sites excluding steroid dienone is 1. The summed E-state index contributed by atoms with van der Waals surface area (Å²) in [6.07, 6.45) is 2.50. The number of para-hydroxylation sites is 1. The van der Waals surface area contributed by atoms with Gasteiger partial charge in [0.25, 0.3) is 0 Å². The van der Waals surface area contributed by atoms with E-state index in [0.717, 1.165) is 12.0 Å². The van der Waals surface area contributed by atoms with Crippen LogP contribution in [-0.2, 0) is 4.74 Å². The van der Waals surface area contributed by atoms with Gasteiger partial charge in [0.15, 0.2) is 0 Å². The van der Waals surface area contributed by atoms with E-state index in [-0.39, 0.29) is 0 Å². The number of carbonyl (C=O) groups excluding carboxylic acids is 2. The molecule has 0 radical (unpaired) electrons. The zero-order valence-electron chi connectivity index (χ0n) is 11.3. The largest absolute Gasteiger partial charge is 0.465 e. The number of amides is 2. The Labute approximate surface area is 112 Å². The number of carbonyl (C=O) groups is 2. The molecule has 102 valence electrons. The number of hydrogen-bond acceptors (Lipinski definition) is 3.